The molecule has 2 fully saturated rings. The number of aromatic amines is 1. The number of methoxy groups -OCH3 is 1. The summed E-state index contributed by atoms with van der Waals surface area (Å²) in [6, 6.07) is 38.2. The largest absolute Gasteiger partial charge is 0.508 e. The zero-order valence-electron chi connectivity index (χ0n) is 40.8. The molecule has 11 heteroatoms. The average molecular weight is 956 g/mol. The number of piperazine rings is 1. The lowest BCUT2D eigenvalue weighted by Crippen LogP contribution is -2.60. The number of aromatic nitrogens is 1. The summed E-state index contributed by atoms with van der Waals surface area (Å²) >= 11 is 0. The highest BCUT2D eigenvalue weighted by Gasteiger charge is 2.47. The predicted octanol–water partition coefficient (Wildman–Crippen LogP) is 10.2. The van der Waals surface area contributed by atoms with Crippen molar-refractivity contribution >= 4 is 22.9 Å². The van der Waals surface area contributed by atoms with E-state index in [0.29, 0.717) is 41.9 Å². The Labute approximate surface area is 415 Å². The third-order valence-electron chi connectivity index (χ3n) is 15.0. The zero-order chi connectivity index (χ0) is 48.9. The van der Waals surface area contributed by atoms with E-state index >= 15 is 0 Å². The topological polar surface area (TPSA) is 150 Å². The van der Waals surface area contributed by atoms with Gasteiger partial charge in [-0.25, -0.2) is 0 Å². The number of rotatable bonds is 10. The number of anilines is 1. The van der Waals surface area contributed by atoms with Crippen molar-refractivity contribution in [2.75, 3.05) is 51.5 Å². The van der Waals surface area contributed by atoms with Crippen LogP contribution in [0.2, 0.25) is 0 Å². The Morgan fingerprint density at radius 1 is 0.901 bits per heavy atom. The number of aromatic hydroxyl groups is 1. The van der Waals surface area contributed by atoms with Gasteiger partial charge >= 0.3 is 0 Å². The second-order valence-electron chi connectivity index (χ2n) is 19.5. The molecule has 0 radical (unpaired) electrons. The van der Waals surface area contributed by atoms with Crippen LogP contribution in [0.15, 0.2) is 131 Å². The Hall–Kier alpha value is -6.79. The minimum Gasteiger partial charge on any atom is -0.508 e. The number of hydrogen-bond donors (Lipinski definition) is 5. The minimum absolute atomic E-state index is 0.0280. The van der Waals surface area contributed by atoms with E-state index < -0.39 is 6.10 Å². The summed E-state index contributed by atoms with van der Waals surface area (Å²) in [7, 11) is 1.53. The fraction of sp³-hybridized carbons (Fsp3) is 0.350. The van der Waals surface area contributed by atoms with E-state index in [1.54, 1.807) is 30.3 Å². The van der Waals surface area contributed by atoms with Gasteiger partial charge in [0, 0.05) is 72.4 Å². The summed E-state index contributed by atoms with van der Waals surface area (Å²) in [5, 5.41) is 36.2. The Morgan fingerprint density at radius 3 is 2.46 bits per heavy atom. The van der Waals surface area contributed by atoms with Gasteiger partial charge in [0.05, 0.1) is 32.5 Å². The van der Waals surface area contributed by atoms with Gasteiger partial charge in [-0.15, -0.1) is 0 Å². The Kier molecular flexibility index (Phi) is 14.3. The van der Waals surface area contributed by atoms with Crippen molar-refractivity contribution < 1.29 is 33.9 Å². The quantitative estimate of drug-likeness (QED) is 0.0897. The molecule has 4 aliphatic rings. The van der Waals surface area contributed by atoms with Crippen molar-refractivity contribution in [2.24, 2.45) is 5.92 Å². The van der Waals surface area contributed by atoms with Gasteiger partial charge in [0.15, 0.2) is 16.9 Å². The molecule has 71 heavy (non-hydrogen) atoms. The van der Waals surface area contributed by atoms with E-state index in [9.17, 15) is 20.1 Å². The highest BCUT2D eigenvalue weighted by molar-refractivity contribution is 5.93. The molecule has 4 bridgehead atoms. The number of aliphatic hydroxyl groups is 2. The molecular formula is C60H65N3O8. The molecule has 7 aromatic rings. The number of hydrogen-bond acceptors (Lipinski definition) is 10. The molecule has 11 rings (SSSR count). The van der Waals surface area contributed by atoms with Gasteiger partial charge in [-0.2, -0.15) is 0 Å². The maximum absolute atomic E-state index is 14.6. The third-order valence-corrected chi connectivity index (χ3v) is 15.0. The lowest BCUT2D eigenvalue weighted by Gasteiger charge is -2.48. The van der Waals surface area contributed by atoms with Crippen LogP contribution < -0.4 is 29.9 Å². The third kappa shape index (κ3) is 9.96. The number of aryl methyl sites for hydroxylation is 3. The number of H-pyrrole nitrogens is 1. The molecule has 5 heterocycles. The Bertz CT molecular complexity index is 3030. The lowest BCUT2D eigenvalue weighted by atomic mass is 9.71. The molecule has 3 aliphatic heterocycles. The van der Waals surface area contributed by atoms with Gasteiger partial charge < -0.3 is 49.1 Å². The van der Waals surface area contributed by atoms with Crippen molar-refractivity contribution in [3.05, 3.63) is 165 Å². The number of nitrogens with one attached hydrogen (secondary N) is 2. The van der Waals surface area contributed by atoms with E-state index in [1.165, 1.54) is 48.7 Å². The summed E-state index contributed by atoms with van der Waals surface area (Å²) in [5.74, 6) is 2.02. The van der Waals surface area contributed by atoms with Crippen LogP contribution in [0.25, 0.3) is 39.5 Å². The van der Waals surface area contributed by atoms with Crippen LogP contribution >= 0.6 is 0 Å². The van der Waals surface area contributed by atoms with Crippen LogP contribution in [0.1, 0.15) is 72.5 Å². The van der Waals surface area contributed by atoms with E-state index in [-0.39, 0.29) is 77.3 Å². The van der Waals surface area contributed by atoms with E-state index in [2.05, 4.69) is 76.7 Å². The van der Waals surface area contributed by atoms with Crippen molar-refractivity contribution in [3.63, 3.8) is 0 Å². The number of fused-ring (bicyclic) bond motifs is 7. The van der Waals surface area contributed by atoms with Crippen LogP contribution in [0.5, 0.6) is 23.0 Å². The molecule has 0 unspecified atom stereocenters. The van der Waals surface area contributed by atoms with Crippen molar-refractivity contribution in [1.29, 1.82) is 0 Å². The fourth-order valence-electron chi connectivity index (χ4n) is 11.3. The van der Waals surface area contributed by atoms with Crippen LogP contribution in [0.4, 0.5) is 5.82 Å². The standard InChI is InChI=1S/C60H65N3O8/c1-3-46-34-50-44-13-9-12-40(33-44)17-25-49-55-54(51(67)35-52(71-55)43-18-23-47(65)24-19-43)57(69-31-26-48(66)22-16-39-10-5-4-6-11-39)58(68-2)56(49)70-38-42(37-64)32-41-14-20-45(21-15-41)60(27-7-8-28-60)53-36-61-29-30-63(53)59(50)62-46/h4-6,9-16,18-24,33-35,42,48,53,61-62,64-66H,3,7-8,17,25-32,36-38H2,1-2H3/b22-16+/t42-,48+,53+/m1/s1. The number of aliphatic hydroxyl groups excluding tert-OH is 2. The first-order valence-electron chi connectivity index (χ1n) is 25.4. The number of benzene rings is 5. The van der Waals surface area contributed by atoms with E-state index in [4.69, 9.17) is 18.6 Å². The Morgan fingerprint density at radius 2 is 1.70 bits per heavy atom. The van der Waals surface area contributed by atoms with Gasteiger partial charge in [0.25, 0.3) is 0 Å². The first-order valence-corrected chi connectivity index (χ1v) is 25.4. The average Bonchev–Trinajstić information content (AvgIpc) is 4.09. The van der Waals surface area contributed by atoms with Gasteiger partial charge in [-0.1, -0.05) is 111 Å². The number of phenolic OH excluding ortho intramolecular Hbond substituents is 1. The van der Waals surface area contributed by atoms with Crippen molar-refractivity contribution in [3.8, 4) is 45.4 Å². The number of ether oxygens (including phenoxy) is 3. The van der Waals surface area contributed by atoms with E-state index in [1.807, 2.05) is 36.4 Å². The van der Waals surface area contributed by atoms with Crippen LogP contribution in [-0.4, -0.2) is 79.0 Å². The van der Waals surface area contributed by atoms with Crippen LogP contribution in [-0.2, 0) is 31.1 Å². The van der Waals surface area contributed by atoms with Gasteiger partial charge in [-0.3, -0.25) is 4.79 Å². The number of phenols is 1. The maximum Gasteiger partial charge on any atom is 0.204 e. The fourth-order valence-corrected chi connectivity index (χ4v) is 11.3. The SMILES string of the molecule is CCc1cc2c([nH]1)N1CCNC[C@H]1C1(CCCC1)c1ccc(cc1)C[C@H](CO)COc1c(OC)c(OCC[C@@H](O)/C=C/c3ccccc3)c3c(=O)cc(-c4ccc(O)cc4)oc3c1CCc1cccc-2c1. The molecule has 1 spiro atoms. The van der Waals surface area contributed by atoms with Gasteiger partial charge in [-0.05, 0) is 96.7 Å². The second kappa shape index (κ2) is 21.3. The summed E-state index contributed by atoms with van der Waals surface area (Å²) in [6.07, 6.45) is 10.0. The van der Waals surface area contributed by atoms with Gasteiger partial charge in [0.1, 0.15) is 28.3 Å². The summed E-state index contributed by atoms with van der Waals surface area (Å²) in [6.45, 7) is 4.94. The predicted molar refractivity (Wildman–Crippen MR) is 281 cm³/mol. The molecule has 368 valence electrons. The molecular weight excluding hydrogens is 891 g/mol. The first-order chi connectivity index (χ1) is 34.7. The molecule has 2 aromatic heterocycles. The minimum atomic E-state index is -0.831. The molecule has 3 atom stereocenters. The normalized spacial score (nSPS) is 18.5. The van der Waals surface area contributed by atoms with Gasteiger partial charge in [0.2, 0.25) is 5.75 Å². The second-order valence-corrected chi connectivity index (χ2v) is 19.5. The number of nitrogens with zero attached hydrogens (tertiary/aromatic N) is 1. The van der Waals surface area contributed by atoms with E-state index in [0.717, 1.165) is 61.2 Å². The van der Waals surface area contributed by atoms with Crippen LogP contribution in [0.3, 0.4) is 0 Å². The van der Waals surface area contributed by atoms with Crippen molar-refractivity contribution in [1.82, 2.24) is 10.3 Å². The zero-order valence-corrected chi connectivity index (χ0v) is 40.8. The first kappa shape index (κ1) is 47.9. The highest BCUT2D eigenvalue weighted by atomic mass is 16.5. The molecule has 1 aliphatic carbocycles. The maximum atomic E-state index is 14.6. The molecule has 5 aromatic carbocycles. The Balaban J connectivity index is 1.11. The monoisotopic (exact) mass is 955 g/mol. The molecule has 0 amide bonds. The smallest absolute Gasteiger partial charge is 0.204 e. The highest BCUT2D eigenvalue weighted by Crippen LogP contribution is 2.50. The van der Waals surface area contributed by atoms with Crippen molar-refractivity contribution in [2.45, 2.75) is 82.3 Å². The molecule has 1 saturated heterocycles. The lowest BCUT2D eigenvalue weighted by molar-refractivity contribution is 0.156. The molecule has 5 N–H and O–H groups in total. The summed E-state index contributed by atoms with van der Waals surface area (Å²) < 4.78 is 26.5. The van der Waals surface area contributed by atoms with Crippen LogP contribution in [0, 0.1) is 5.92 Å². The summed E-state index contributed by atoms with van der Waals surface area (Å²) in [4.78, 5) is 21.2. The molecule has 1 saturated carbocycles. The molecule has 11 nitrogen and oxygen atoms in total. The summed E-state index contributed by atoms with van der Waals surface area (Å²) in [5.41, 5.74) is 9.16.